The molecule has 0 aromatic carbocycles. The van der Waals surface area contributed by atoms with E-state index in [0.29, 0.717) is 38.6 Å². The number of ether oxygens (including phenoxy) is 1. The number of carboxylic acid groups (broad SMARTS) is 1. The predicted octanol–water partition coefficient (Wildman–Crippen LogP) is 9.83. The number of aliphatic carboxylic acids is 1. The number of carbonyl (C=O) groups is 3. The van der Waals surface area contributed by atoms with Crippen molar-refractivity contribution in [1.82, 2.24) is 5.32 Å². The number of rotatable bonds is 32. The second-order valence-electron chi connectivity index (χ2n) is 12.2. The number of unbranched alkanes of at least 4 members (excludes halogenated alkanes) is 10. The van der Waals surface area contributed by atoms with Crippen LogP contribution in [-0.2, 0) is 19.1 Å². The molecule has 47 heavy (non-hydrogen) atoms. The number of nitrogens with one attached hydrogen (secondary N) is 1. The maximum absolute atomic E-state index is 12.5. The molecule has 0 heterocycles. The van der Waals surface area contributed by atoms with Crippen LogP contribution in [0.4, 0.5) is 0 Å². The zero-order valence-corrected chi connectivity index (χ0v) is 29.8. The van der Waals surface area contributed by atoms with Crippen LogP contribution in [0.5, 0.6) is 0 Å². The highest BCUT2D eigenvalue weighted by Gasteiger charge is 2.18. The van der Waals surface area contributed by atoms with Crippen LogP contribution >= 0.6 is 0 Å². The summed E-state index contributed by atoms with van der Waals surface area (Å²) < 4.78 is 5.80. The number of carboxylic acids is 1. The van der Waals surface area contributed by atoms with Crippen molar-refractivity contribution in [1.29, 1.82) is 0 Å². The molecule has 0 aromatic heterocycles. The van der Waals surface area contributed by atoms with E-state index in [1.807, 2.05) is 6.08 Å². The summed E-state index contributed by atoms with van der Waals surface area (Å²) in [6.07, 6.45) is 41.7. The third-order valence-corrected chi connectivity index (χ3v) is 7.78. The minimum Gasteiger partial charge on any atom is -0.480 e. The lowest BCUT2D eigenvalue weighted by Gasteiger charge is -2.15. The topological polar surface area (TPSA) is 119 Å². The summed E-state index contributed by atoms with van der Waals surface area (Å²) in [6.45, 7) is 4.68. The number of hydrogen-bond donors (Lipinski definition) is 3. The van der Waals surface area contributed by atoms with Crippen LogP contribution in [0.1, 0.15) is 155 Å². The Morgan fingerprint density at radius 1 is 0.660 bits per heavy atom. The van der Waals surface area contributed by atoms with Gasteiger partial charge in [0, 0.05) is 12.8 Å². The number of amides is 1. The van der Waals surface area contributed by atoms with Gasteiger partial charge in [0.15, 0.2) is 0 Å². The van der Waals surface area contributed by atoms with Crippen molar-refractivity contribution in [2.24, 2.45) is 5.73 Å². The number of carbonyl (C=O) groups excluding carboxylic acids is 2. The summed E-state index contributed by atoms with van der Waals surface area (Å²) in [5.74, 6) is -1.37. The van der Waals surface area contributed by atoms with Crippen molar-refractivity contribution < 1.29 is 24.2 Å². The van der Waals surface area contributed by atoms with Crippen LogP contribution in [0.2, 0.25) is 0 Å². The van der Waals surface area contributed by atoms with Crippen LogP contribution in [0.15, 0.2) is 60.8 Å². The van der Waals surface area contributed by atoms with Crippen molar-refractivity contribution in [2.75, 3.05) is 6.54 Å². The number of hydrogen-bond acceptors (Lipinski definition) is 5. The van der Waals surface area contributed by atoms with Gasteiger partial charge in [0.1, 0.15) is 12.1 Å². The largest absolute Gasteiger partial charge is 0.480 e. The van der Waals surface area contributed by atoms with Crippen LogP contribution in [0.25, 0.3) is 0 Å². The maximum atomic E-state index is 12.5. The lowest BCUT2D eigenvalue weighted by Crippen LogP contribution is -2.40. The molecule has 2 unspecified atom stereocenters. The Bertz CT molecular complexity index is 922. The van der Waals surface area contributed by atoms with Gasteiger partial charge in [0.2, 0.25) is 5.91 Å². The first-order chi connectivity index (χ1) is 22.9. The monoisotopic (exact) mass is 657 g/mol. The zero-order chi connectivity index (χ0) is 34.6. The van der Waals surface area contributed by atoms with E-state index in [2.05, 4.69) is 73.8 Å². The minimum atomic E-state index is -1.02. The normalized spacial score (nSPS) is 13.4. The van der Waals surface area contributed by atoms with Gasteiger partial charge >= 0.3 is 11.9 Å². The molecule has 4 N–H and O–H groups in total. The smallest absolute Gasteiger partial charge is 0.326 e. The van der Waals surface area contributed by atoms with E-state index in [4.69, 9.17) is 10.5 Å². The van der Waals surface area contributed by atoms with E-state index in [1.54, 1.807) is 0 Å². The minimum absolute atomic E-state index is 0.116. The highest BCUT2D eigenvalue weighted by Crippen LogP contribution is 2.14. The SMILES string of the molecule is CC/C=C\C/C=C\C/C=C\C/C=C\CCCCCCCCC(=O)OC(/C=C\CCC)CCCCCCC(=O)NC(CCCN)C(=O)O. The van der Waals surface area contributed by atoms with E-state index in [-0.39, 0.29) is 18.0 Å². The lowest BCUT2D eigenvalue weighted by molar-refractivity contribution is -0.147. The van der Waals surface area contributed by atoms with Gasteiger partial charge in [-0.15, -0.1) is 0 Å². The maximum Gasteiger partial charge on any atom is 0.326 e. The molecule has 268 valence electrons. The van der Waals surface area contributed by atoms with Crippen LogP contribution in [-0.4, -0.2) is 41.6 Å². The van der Waals surface area contributed by atoms with Crippen molar-refractivity contribution in [3.63, 3.8) is 0 Å². The Labute approximate surface area is 287 Å². The third-order valence-electron chi connectivity index (χ3n) is 7.78. The molecule has 0 aliphatic rings. The Morgan fingerprint density at radius 3 is 1.85 bits per heavy atom. The lowest BCUT2D eigenvalue weighted by atomic mass is 10.1. The zero-order valence-electron chi connectivity index (χ0n) is 29.8. The standard InChI is InChI=1S/C40H68N2O5/c1-3-5-7-8-9-10-11-12-13-14-15-16-17-18-19-20-21-22-28-34-39(44)47-36(30-25-6-4-2)31-26-23-24-27-33-38(43)42-37(40(45)46)32-29-35-41/h5,7,9-10,12-13,15-16,25,30,36-37H,3-4,6,8,11,14,17-24,26-29,31-35,41H2,1-2H3,(H,42,43)(H,45,46)/b7-5-,10-9-,13-12-,16-15-,30-25-. The van der Waals surface area contributed by atoms with Crippen LogP contribution in [0, 0.1) is 0 Å². The highest BCUT2D eigenvalue weighted by molar-refractivity contribution is 5.83. The fourth-order valence-corrected chi connectivity index (χ4v) is 5.00. The predicted molar refractivity (Wildman–Crippen MR) is 197 cm³/mol. The van der Waals surface area contributed by atoms with Gasteiger partial charge in [-0.2, -0.15) is 0 Å². The van der Waals surface area contributed by atoms with Crippen molar-refractivity contribution in [3.05, 3.63) is 60.8 Å². The van der Waals surface area contributed by atoms with E-state index < -0.39 is 12.0 Å². The molecule has 0 radical (unpaired) electrons. The first-order valence-corrected chi connectivity index (χ1v) is 18.6. The summed E-state index contributed by atoms with van der Waals surface area (Å²) in [6, 6.07) is -0.872. The molecule has 2 atom stereocenters. The van der Waals surface area contributed by atoms with Gasteiger partial charge in [0.25, 0.3) is 0 Å². The summed E-state index contributed by atoms with van der Waals surface area (Å²) >= 11 is 0. The quantitative estimate of drug-likeness (QED) is 0.0377. The molecule has 0 aliphatic heterocycles. The van der Waals surface area contributed by atoms with Crippen molar-refractivity contribution in [2.45, 2.75) is 167 Å². The van der Waals surface area contributed by atoms with Gasteiger partial charge in [-0.3, -0.25) is 9.59 Å². The molecule has 0 bridgehead atoms. The van der Waals surface area contributed by atoms with Gasteiger partial charge in [0.05, 0.1) is 0 Å². The molecule has 0 fully saturated rings. The number of nitrogens with two attached hydrogens (primary N) is 1. The fraction of sp³-hybridized carbons (Fsp3) is 0.675. The average molecular weight is 657 g/mol. The fourth-order valence-electron chi connectivity index (χ4n) is 5.00. The van der Waals surface area contributed by atoms with E-state index >= 15 is 0 Å². The Balaban J connectivity index is 4.00. The Hall–Kier alpha value is -2.93. The molecule has 7 nitrogen and oxygen atoms in total. The molecule has 0 aliphatic carbocycles. The average Bonchev–Trinajstić information content (AvgIpc) is 3.05. The Morgan fingerprint density at radius 2 is 1.23 bits per heavy atom. The summed E-state index contributed by atoms with van der Waals surface area (Å²) in [4.78, 5) is 35.9. The summed E-state index contributed by atoms with van der Waals surface area (Å²) in [5.41, 5.74) is 5.45. The molecular formula is C40H68N2O5. The third kappa shape index (κ3) is 31.4. The van der Waals surface area contributed by atoms with Gasteiger partial charge < -0.3 is 20.9 Å². The second kappa shape index (κ2) is 34.4. The molecular weight excluding hydrogens is 588 g/mol. The molecule has 0 saturated carbocycles. The van der Waals surface area contributed by atoms with Crippen LogP contribution in [0.3, 0.4) is 0 Å². The van der Waals surface area contributed by atoms with E-state index in [9.17, 15) is 19.5 Å². The van der Waals surface area contributed by atoms with Crippen molar-refractivity contribution >= 4 is 17.8 Å². The van der Waals surface area contributed by atoms with E-state index in [1.165, 1.54) is 19.3 Å². The molecule has 0 rings (SSSR count). The van der Waals surface area contributed by atoms with Gasteiger partial charge in [-0.05, 0) is 96.1 Å². The van der Waals surface area contributed by atoms with Crippen molar-refractivity contribution in [3.8, 4) is 0 Å². The molecule has 1 amide bonds. The summed E-state index contributed by atoms with van der Waals surface area (Å²) in [5, 5.41) is 11.8. The molecule has 0 aromatic rings. The van der Waals surface area contributed by atoms with E-state index in [0.717, 1.165) is 89.9 Å². The number of allylic oxidation sites excluding steroid dienone is 9. The number of esters is 1. The highest BCUT2D eigenvalue weighted by atomic mass is 16.5. The molecule has 7 heteroatoms. The van der Waals surface area contributed by atoms with Crippen LogP contribution < -0.4 is 11.1 Å². The first kappa shape index (κ1) is 44.1. The second-order valence-corrected chi connectivity index (χ2v) is 12.2. The van der Waals surface area contributed by atoms with Gasteiger partial charge in [-0.1, -0.05) is 113 Å². The Kier molecular flexibility index (Phi) is 32.3. The molecule has 0 saturated heterocycles. The van der Waals surface area contributed by atoms with Gasteiger partial charge in [-0.25, -0.2) is 4.79 Å². The molecule has 0 spiro atoms. The summed E-state index contributed by atoms with van der Waals surface area (Å²) in [7, 11) is 0. The first-order valence-electron chi connectivity index (χ1n) is 18.6.